The summed E-state index contributed by atoms with van der Waals surface area (Å²) in [5, 5.41) is 9.47. The molecule has 3 heterocycles. The third-order valence-electron chi connectivity index (χ3n) is 6.92. The predicted octanol–water partition coefficient (Wildman–Crippen LogP) is 6.33. The summed E-state index contributed by atoms with van der Waals surface area (Å²) in [6.45, 7) is 9.00. The van der Waals surface area contributed by atoms with Crippen LogP contribution in [0, 0.1) is 0 Å². The Balaban J connectivity index is 1.53. The molecule has 37 heavy (non-hydrogen) atoms. The number of carbonyl (C=O) groups excluding carboxylic acids is 2. The maximum absolute atomic E-state index is 13.7. The molecule has 0 unspecified atom stereocenters. The molecule has 196 valence electrons. The van der Waals surface area contributed by atoms with Crippen LogP contribution in [0.1, 0.15) is 96.7 Å². The number of hydrogen-bond donors (Lipinski definition) is 1. The van der Waals surface area contributed by atoms with Gasteiger partial charge in [0.05, 0.1) is 16.6 Å². The average molecular weight is 505 g/mol. The first-order chi connectivity index (χ1) is 17.6. The second kappa shape index (κ2) is 10.8. The highest BCUT2D eigenvalue weighted by molar-refractivity contribution is 6.14. The Morgan fingerprint density at radius 2 is 1.70 bits per heavy atom. The molecule has 0 atom stereocenters. The third-order valence-corrected chi connectivity index (χ3v) is 6.92. The van der Waals surface area contributed by atoms with Gasteiger partial charge in [-0.3, -0.25) is 4.79 Å². The van der Waals surface area contributed by atoms with Crippen LogP contribution in [-0.2, 0) is 11.2 Å². The average Bonchev–Trinajstić information content (AvgIpc) is 3.23. The van der Waals surface area contributed by atoms with Gasteiger partial charge in [0.1, 0.15) is 5.60 Å². The number of ether oxygens (including phenoxy) is 1. The number of unbranched alkanes of at least 4 members (excludes halogenated alkanes) is 1. The van der Waals surface area contributed by atoms with E-state index in [-0.39, 0.29) is 17.4 Å². The molecule has 1 aromatic carbocycles. The second-order valence-electron chi connectivity index (χ2n) is 10.8. The monoisotopic (exact) mass is 504 g/mol. The summed E-state index contributed by atoms with van der Waals surface area (Å²) in [7, 11) is 0. The SMILES string of the molecule is CCCCc1cn2ccc(C(=O)O)cc2c1C(=O)c1ccc(C2CCN(C(=O)OC(C)(C)C)CC2)cc1. The Kier molecular flexibility index (Phi) is 7.71. The van der Waals surface area contributed by atoms with Crippen molar-refractivity contribution in [3.8, 4) is 0 Å². The molecule has 4 rings (SSSR count). The molecule has 1 aliphatic heterocycles. The number of hydrogen-bond acceptors (Lipinski definition) is 4. The maximum Gasteiger partial charge on any atom is 0.410 e. The number of piperidine rings is 1. The molecule has 7 nitrogen and oxygen atoms in total. The molecule has 1 N–H and O–H groups in total. The lowest BCUT2D eigenvalue weighted by Gasteiger charge is -2.33. The number of nitrogens with zero attached hydrogens (tertiary/aromatic N) is 2. The maximum atomic E-state index is 13.7. The highest BCUT2D eigenvalue weighted by Crippen LogP contribution is 2.30. The quantitative estimate of drug-likeness (QED) is 0.380. The Labute approximate surface area is 218 Å². The van der Waals surface area contributed by atoms with E-state index < -0.39 is 11.6 Å². The highest BCUT2D eigenvalue weighted by atomic mass is 16.6. The molecule has 2 aromatic heterocycles. The fourth-order valence-corrected chi connectivity index (χ4v) is 4.95. The van der Waals surface area contributed by atoms with Crippen molar-refractivity contribution in [2.24, 2.45) is 0 Å². The van der Waals surface area contributed by atoms with Crippen LogP contribution in [0.5, 0.6) is 0 Å². The van der Waals surface area contributed by atoms with Crippen LogP contribution in [0.2, 0.25) is 0 Å². The number of amides is 1. The van der Waals surface area contributed by atoms with E-state index >= 15 is 0 Å². The van der Waals surface area contributed by atoms with Gasteiger partial charge in [0.15, 0.2) is 5.78 Å². The smallest absolute Gasteiger partial charge is 0.410 e. The van der Waals surface area contributed by atoms with Gasteiger partial charge in [-0.25, -0.2) is 9.59 Å². The molecule has 1 saturated heterocycles. The number of aryl methyl sites for hydroxylation is 1. The van der Waals surface area contributed by atoms with E-state index in [4.69, 9.17) is 4.74 Å². The Bertz CT molecular complexity index is 1290. The molecule has 1 fully saturated rings. The molecule has 0 radical (unpaired) electrons. The molecule has 3 aromatic rings. The third kappa shape index (κ3) is 6.04. The molecular weight excluding hydrogens is 468 g/mol. The van der Waals surface area contributed by atoms with Gasteiger partial charge in [-0.05, 0) is 75.6 Å². The Hall–Kier alpha value is -3.61. The lowest BCUT2D eigenvalue weighted by molar-refractivity contribution is 0.0204. The Morgan fingerprint density at radius 1 is 1.03 bits per heavy atom. The predicted molar refractivity (Wildman–Crippen MR) is 143 cm³/mol. The van der Waals surface area contributed by atoms with Crippen molar-refractivity contribution < 1.29 is 24.2 Å². The number of fused-ring (bicyclic) bond motifs is 1. The zero-order valence-electron chi connectivity index (χ0n) is 22.1. The molecule has 1 amide bonds. The number of aromatic carboxylic acids is 1. The number of likely N-dealkylation sites (tertiary alicyclic amines) is 1. The summed E-state index contributed by atoms with van der Waals surface area (Å²) >= 11 is 0. The molecule has 7 heteroatoms. The molecule has 1 aliphatic rings. The van der Waals surface area contributed by atoms with Gasteiger partial charge in [0, 0.05) is 31.0 Å². The minimum Gasteiger partial charge on any atom is -0.478 e. The van der Waals surface area contributed by atoms with Crippen molar-refractivity contribution in [2.45, 2.75) is 71.3 Å². The lowest BCUT2D eigenvalue weighted by atomic mass is 9.88. The molecule has 0 bridgehead atoms. The van der Waals surface area contributed by atoms with E-state index in [1.54, 1.807) is 23.2 Å². The number of ketones is 1. The van der Waals surface area contributed by atoms with Gasteiger partial charge < -0.3 is 19.1 Å². The van der Waals surface area contributed by atoms with Gasteiger partial charge in [-0.1, -0.05) is 37.6 Å². The number of carboxylic acids is 1. The summed E-state index contributed by atoms with van der Waals surface area (Å²) in [6, 6.07) is 10.9. The van der Waals surface area contributed by atoms with Gasteiger partial charge in [-0.15, -0.1) is 0 Å². The van der Waals surface area contributed by atoms with E-state index in [1.165, 1.54) is 0 Å². The van der Waals surface area contributed by atoms with Crippen LogP contribution in [0.15, 0.2) is 48.8 Å². The van der Waals surface area contributed by atoms with Crippen LogP contribution in [-0.4, -0.2) is 50.9 Å². The normalized spacial score (nSPS) is 14.6. The van der Waals surface area contributed by atoms with E-state index in [9.17, 15) is 19.5 Å². The van der Waals surface area contributed by atoms with Crippen LogP contribution in [0.3, 0.4) is 0 Å². The summed E-state index contributed by atoms with van der Waals surface area (Å²) in [4.78, 5) is 39.4. The van der Waals surface area contributed by atoms with Crippen molar-refractivity contribution in [1.82, 2.24) is 9.30 Å². The largest absolute Gasteiger partial charge is 0.478 e. The van der Waals surface area contributed by atoms with E-state index in [1.807, 2.05) is 55.6 Å². The van der Waals surface area contributed by atoms with Crippen molar-refractivity contribution in [2.75, 3.05) is 13.1 Å². The molecular formula is C30H36N2O5. The number of benzene rings is 1. The summed E-state index contributed by atoms with van der Waals surface area (Å²) in [6.07, 6.45) is 7.78. The van der Waals surface area contributed by atoms with Gasteiger partial charge in [0.25, 0.3) is 0 Å². The molecule has 0 saturated carbocycles. The van der Waals surface area contributed by atoms with E-state index in [0.717, 1.165) is 43.2 Å². The number of aromatic nitrogens is 1. The van der Waals surface area contributed by atoms with Crippen molar-refractivity contribution in [3.05, 3.63) is 76.6 Å². The van der Waals surface area contributed by atoms with E-state index in [2.05, 4.69) is 6.92 Å². The van der Waals surface area contributed by atoms with E-state index in [0.29, 0.717) is 35.7 Å². The Morgan fingerprint density at radius 3 is 2.30 bits per heavy atom. The van der Waals surface area contributed by atoms with Gasteiger partial charge in [0.2, 0.25) is 0 Å². The minimum atomic E-state index is -1.01. The summed E-state index contributed by atoms with van der Waals surface area (Å²) < 4.78 is 7.34. The summed E-state index contributed by atoms with van der Waals surface area (Å²) in [5.74, 6) is -0.793. The van der Waals surface area contributed by atoms with Gasteiger partial charge in [-0.2, -0.15) is 0 Å². The number of carboxylic acid groups (broad SMARTS) is 1. The van der Waals surface area contributed by atoms with Crippen LogP contribution in [0.4, 0.5) is 4.79 Å². The lowest BCUT2D eigenvalue weighted by Crippen LogP contribution is -2.41. The van der Waals surface area contributed by atoms with Crippen molar-refractivity contribution in [1.29, 1.82) is 0 Å². The number of rotatable bonds is 7. The van der Waals surface area contributed by atoms with Crippen molar-refractivity contribution in [3.63, 3.8) is 0 Å². The standard InChI is InChI=1S/C30H36N2O5/c1-5-6-7-24-19-32-17-14-23(28(34)35)18-25(32)26(24)27(33)22-10-8-20(9-11-22)21-12-15-31(16-13-21)29(36)37-30(2,3)4/h8-11,14,17-19,21H,5-7,12-13,15-16H2,1-4H3,(H,34,35). The second-order valence-corrected chi connectivity index (χ2v) is 10.8. The van der Waals surface area contributed by atoms with Crippen LogP contribution < -0.4 is 0 Å². The number of carbonyl (C=O) groups is 3. The zero-order chi connectivity index (χ0) is 26.7. The first kappa shape index (κ1) is 26.5. The fraction of sp³-hybridized carbons (Fsp3) is 0.433. The molecule has 0 aliphatic carbocycles. The first-order valence-corrected chi connectivity index (χ1v) is 13.1. The highest BCUT2D eigenvalue weighted by Gasteiger charge is 2.28. The van der Waals surface area contributed by atoms with Crippen LogP contribution >= 0.6 is 0 Å². The molecule has 0 spiro atoms. The minimum absolute atomic E-state index is 0.0950. The van der Waals surface area contributed by atoms with Crippen LogP contribution in [0.25, 0.3) is 5.52 Å². The zero-order valence-corrected chi connectivity index (χ0v) is 22.1. The number of pyridine rings is 1. The first-order valence-electron chi connectivity index (χ1n) is 13.1. The van der Waals surface area contributed by atoms with Gasteiger partial charge >= 0.3 is 12.1 Å². The summed E-state index contributed by atoms with van der Waals surface area (Å²) in [5.41, 5.74) is 3.53. The topological polar surface area (TPSA) is 88.3 Å². The fourth-order valence-electron chi connectivity index (χ4n) is 4.95. The van der Waals surface area contributed by atoms with Crippen molar-refractivity contribution >= 4 is 23.4 Å².